The van der Waals surface area contributed by atoms with Crippen molar-refractivity contribution < 1.29 is 9.90 Å². The van der Waals surface area contributed by atoms with Crippen molar-refractivity contribution in [1.29, 1.82) is 0 Å². The van der Waals surface area contributed by atoms with Gasteiger partial charge in [0.15, 0.2) is 17.2 Å². The first kappa shape index (κ1) is 11.1. The Bertz CT molecular complexity index is 738. The molecule has 3 rings (SSSR count). The Kier molecular flexibility index (Phi) is 2.57. The lowest BCUT2D eigenvalue weighted by molar-refractivity contribution is 0.0691. The van der Waals surface area contributed by atoms with Crippen LogP contribution in [-0.4, -0.2) is 30.7 Å². The molecule has 94 valence electrons. The zero-order valence-electron chi connectivity index (χ0n) is 9.69. The number of aromatic carboxylic acids is 1. The molecule has 0 aliphatic rings. The van der Waals surface area contributed by atoms with Gasteiger partial charge in [0, 0.05) is 6.20 Å². The molecule has 3 heterocycles. The minimum Gasteiger partial charge on any atom is -0.476 e. The number of carbonyl (C=O) groups is 1. The maximum absolute atomic E-state index is 10.8. The van der Waals surface area contributed by atoms with E-state index < -0.39 is 5.97 Å². The second-order valence-electron chi connectivity index (χ2n) is 3.79. The van der Waals surface area contributed by atoms with Crippen molar-refractivity contribution in [2.45, 2.75) is 0 Å². The topological polar surface area (TPSA) is 92.4 Å². The first-order chi connectivity index (χ1) is 9.22. The lowest BCUT2D eigenvalue weighted by Gasteiger charge is -2.03. The zero-order chi connectivity index (χ0) is 13.2. The van der Waals surface area contributed by atoms with Crippen LogP contribution in [0.3, 0.4) is 0 Å². The van der Waals surface area contributed by atoms with Crippen LogP contribution < -0.4 is 5.32 Å². The molecule has 0 aliphatic heterocycles. The Balaban J connectivity index is 1.95. The molecule has 7 heteroatoms. The van der Waals surface area contributed by atoms with Crippen molar-refractivity contribution in [3.63, 3.8) is 0 Å². The second kappa shape index (κ2) is 4.37. The molecule has 0 unspecified atom stereocenters. The summed E-state index contributed by atoms with van der Waals surface area (Å²) < 4.78 is 1.41. The Labute approximate surface area is 107 Å². The quantitative estimate of drug-likeness (QED) is 0.738. The summed E-state index contributed by atoms with van der Waals surface area (Å²) in [4.78, 5) is 18.9. The van der Waals surface area contributed by atoms with Crippen LogP contribution in [0.4, 0.5) is 11.6 Å². The van der Waals surface area contributed by atoms with Crippen LogP contribution >= 0.6 is 0 Å². The van der Waals surface area contributed by atoms with E-state index in [1.54, 1.807) is 18.3 Å². The van der Waals surface area contributed by atoms with Crippen LogP contribution in [0.1, 0.15) is 10.5 Å². The lowest BCUT2D eigenvalue weighted by atomic mass is 10.4. The minimum atomic E-state index is -1.08. The molecule has 0 aliphatic carbocycles. The second-order valence-corrected chi connectivity index (χ2v) is 3.79. The van der Waals surface area contributed by atoms with Gasteiger partial charge in [0.05, 0.1) is 6.20 Å². The fourth-order valence-electron chi connectivity index (χ4n) is 1.62. The highest BCUT2D eigenvalue weighted by molar-refractivity contribution is 5.86. The highest BCUT2D eigenvalue weighted by Crippen LogP contribution is 2.12. The average Bonchev–Trinajstić information content (AvgIpc) is 2.83. The SMILES string of the molecule is O=C(O)c1cn2nc(Nc3ccccn3)ccc2n1. The Morgan fingerprint density at radius 1 is 1.21 bits per heavy atom. The van der Waals surface area contributed by atoms with Crippen molar-refractivity contribution in [1.82, 2.24) is 19.6 Å². The standard InChI is InChI=1S/C12H9N5O2/c18-12(19)8-7-17-11(14-8)5-4-10(16-17)15-9-3-1-2-6-13-9/h1-7H,(H,18,19)(H,13,15,16). The minimum absolute atomic E-state index is 0.0394. The van der Waals surface area contributed by atoms with E-state index in [2.05, 4.69) is 20.4 Å². The molecule has 7 nitrogen and oxygen atoms in total. The average molecular weight is 255 g/mol. The van der Waals surface area contributed by atoms with E-state index in [0.717, 1.165) is 0 Å². The molecule has 0 aromatic carbocycles. The Morgan fingerprint density at radius 2 is 2.11 bits per heavy atom. The molecular formula is C12H9N5O2. The summed E-state index contributed by atoms with van der Waals surface area (Å²) in [5.74, 6) is 0.137. The van der Waals surface area contributed by atoms with Crippen molar-refractivity contribution in [3.05, 3.63) is 48.4 Å². The summed E-state index contributed by atoms with van der Waals surface area (Å²) in [5, 5.41) is 16.1. The van der Waals surface area contributed by atoms with E-state index in [0.29, 0.717) is 17.3 Å². The molecule has 0 atom stereocenters. The molecule has 0 radical (unpaired) electrons. The maximum Gasteiger partial charge on any atom is 0.356 e. The van der Waals surface area contributed by atoms with Gasteiger partial charge in [0.2, 0.25) is 0 Å². The third kappa shape index (κ3) is 2.21. The number of nitrogens with zero attached hydrogens (tertiary/aromatic N) is 4. The molecule has 3 aromatic rings. The third-order valence-electron chi connectivity index (χ3n) is 2.46. The number of hydrogen-bond acceptors (Lipinski definition) is 5. The van der Waals surface area contributed by atoms with Crippen molar-refractivity contribution in [2.75, 3.05) is 5.32 Å². The number of rotatable bonds is 3. The van der Waals surface area contributed by atoms with Gasteiger partial charge in [-0.1, -0.05) is 6.07 Å². The van der Waals surface area contributed by atoms with Crippen LogP contribution in [0.5, 0.6) is 0 Å². The zero-order valence-corrected chi connectivity index (χ0v) is 9.69. The molecule has 0 fully saturated rings. The molecule has 0 amide bonds. The normalized spacial score (nSPS) is 10.5. The number of fused-ring (bicyclic) bond motifs is 1. The highest BCUT2D eigenvalue weighted by Gasteiger charge is 2.09. The molecule has 2 N–H and O–H groups in total. The highest BCUT2D eigenvalue weighted by atomic mass is 16.4. The summed E-state index contributed by atoms with van der Waals surface area (Å²) in [5.41, 5.74) is 0.437. The number of carboxylic acids is 1. The number of hydrogen-bond donors (Lipinski definition) is 2. The summed E-state index contributed by atoms with van der Waals surface area (Å²) in [7, 11) is 0. The van der Waals surface area contributed by atoms with Crippen LogP contribution in [-0.2, 0) is 0 Å². The number of anilines is 2. The third-order valence-corrected chi connectivity index (χ3v) is 2.46. The summed E-state index contributed by atoms with van der Waals surface area (Å²) in [6, 6.07) is 8.88. The van der Waals surface area contributed by atoms with Gasteiger partial charge in [-0.2, -0.15) is 0 Å². The number of pyridine rings is 1. The summed E-state index contributed by atoms with van der Waals surface area (Å²) in [6.45, 7) is 0. The van der Waals surface area contributed by atoms with Crippen LogP contribution in [0, 0.1) is 0 Å². The molecule has 19 heavy (non-hydrogen) atoms. The van der Waals surface area contributed by atoms with Crippen LogP contribution in [0.15, 0.2) is 42.7 Å². The molecule has 3 aromatic heterocycles. The molecule has 0 bridgehead atoms. The van der Waals surface area contributed by atoms with E-state index in [1.165, 1.54) is 10.7 Å². The fraction of sp³-hybridized carbons (Fsp3) is 0. The fourth-order valence-corrected chi connectivity index (χ4v) is 1.62. The van der Waals surface area contributed by atoms with Gasteiger partial charge in [-0.25, -0.2) is 19.3 Å². The van der Waals surface area contributed by atoms with Gasteiger partial charge in [0.25, 0.3) is 0 Å². The van der Waals surface area contributed by atoms with Gasteiger partial charge in [-0.05, 0) is 24.3 Å². The summed E-state index contributed by atoms with van der Waals surface area (Å²) >= 11 is 0. The molecular weight excluding hydrogens is 246 g/mol. The van der Waals surface area contributed by atoms with Gasteiger partial charge in [-0.3, -0.25) is 0 Å². The van der Waals surface area contributed by atoms with E-state index in [1.807, 2.05) is 18.2 Å². The summed E-state index contributed by atoms with van der Waals surface area (Å²) in [6.07, 6.45) is 3.03. The van der Waals surface area contributed by atoms with Crippen molar-refractivity contribution in [2.24, 2.45) is 0 Å². The Hall–Kier alpha value is -2.96. The monoisotopic (exact) mass is 255 g/mol. The number of imidazole rings is 1. The van der Waals surface area contributed by atoms with Crippen molar-refractivity contribution in [3.8, 4) is 0 Å². The van der Waals surface area contributed by atoms with Gasteiger partial charge < -0.3 is 10.4 Å². The predicted molar refractivity (Wildman–Crippen MR) is 67.5 cm³/mol. The molecule has 0 saturated heterocycles. The van der Waals surface area contributed by atoms with E-state index in [9.17, 15) is 4.79 Å². The molecule has 0 spiro atoms. The first-order valence-corrected chi connectivity index (χ1v) is 5.50. The van der Waals surface area contributed by atoms with E-state index >= 15 is 0 Å². The number of carboxylic acid groups (broad SMARTS) is 1. The van der Waals surface area contributed by atoms with Crippen molar-refractivity contribution >= 4 is 23.3 Å². The van der Waals surface area contributed by atoms with Gasteiger partial charge in [-0.15, -0.1) is 5.10 Å². The largest absolute Gasteiger partial charge is 0.476 e. The first-order valence-electron chi connectivity index (χ1n) is 5.50. The smallest absolute Gasteiger partial charge is 0.356 e. The van der Waals surface area contributed by atoms with E-state index in [-0.39, 0.29) is 5.69 Å². The lowest BCUT2D eigenvalue weighted by Crippen LogP contribution is -1.99. The van der Waals surface area contributed by atoms with Crippen LogP contribution in [0.2, 0.25) is 0 Å². The maximum atomic E-state index is 10.8. The Morgan fingerprint density at radius 3 is 2.84 bits per heavy atom. The van der Waals surface area contributed by atoms with Gasteiger partial charge in [0.1, 0.15) is 5.82 Å². The molecule has 0 saturated carbocycles. The predicted octanol–water partition coefficient (Wildman–Crippen LogP) is 1.57. The number of aromatic nitrogens is 4. The van der Waals surface area contributed by atoms with Gasteiger partial charge >= 0.3 is 5.97 Å². The number of nitrogens with one attached hydrogen (secondary N) is 1. The van der Waals surface area contributed by atoms with E-state index in [4.69, 9.17) is 5.11 Å². The van der Waals surface area contributed by atoms with Crippen LogP contribution in [0.25, 0.3) is 5.65 Å².